The van der Waals surface area contributed by atoms with Gasteiger partial charge in [0.1, 0.15) is 6.04 Å². The molecule has 0 spiro atoms. The van der Waals surface area contributed by atoms with Crippen LogP contribution in [0.5, 0.6) is 0 Å². The van der Waals surface area contributed by atoms with Crippen LogP contribution in [0.3, 0.4) is 0 Å². The van der Waals surface area contributed by atoms with Crippen molar-refractivity contribution in [3.8, 4) is 0 Å². The Morgan fingerprint density at radius 1 is 0.964 bits per heavy atom. The van der Waals surface area contributed by atoms with Crippen LogP contribution in [0, 0.1) is 0 Å². The van der Waals surface area contributed by atoms with Crippen LogP contribution in [0.25, 0.3) is 0 Å². The Kier molecular flexibility index (Phi) is 7.14. The normalized spacial score (nSPS) is 11.6. The fourth-order valence-electron chi connectivity index (χ4n) is 2.59. The summed E-state index contributed by atoms with van der Waals surface area (Å²) in [5, 5.41) is 14.8. The van der Waals surface area contributed by atoms with Gasteiger partial charge >= 0.3 is 12.0 Å². The lowest BCUT2D eigenvalue weighted by atomic mass is 10.1. The number of anilines is 1. The Balaban J connectivity index is 2.17. The molecule has 0 aliphatic heterocycles. The molecular formula is C21H25N3O4. The zero-order valence-corrected chi connectivity index (χ0v) is 16.2. The summed E-state index contributed by atoms with van der Waals surface area (Å²) in [5.41, 5.74) is 1.72. The molecule has 0 saturated carbocycles. The highest BCUT2D eigenvalue weighted by atomic mass is 16.4. The fourth-order valence-corrected chi connectivity index (χ4v) is 2.59. The summed E-state index contributed by atoms with van der Waals surface area (Å²) < 4.78 is 0. The number of urea groups is 1. The Morgan fingerprint density at radius 3 is 2.11 bits per heavy atom. The average molecular weight is 383 g/mol. The first-order valence-corrected chi connectivity index (χ1v) is 9.03. The van der Waals surface area contributed by atoms with Crippen LogP contribution in [0.4, 0.5) is 10.5 Å². The monoisotopic (exact) mass is 383 g/mol. The molecule has 28 heavy (non-hydrogen) atoms. The molecule has 2 aromatic rings. The van der Waals surface area contributed by atoms with E-state index in [1.165, 1.54) is 11.8 Å². The number of rotatable bonds is 7. The predicted molar refractivity (Wildman–Crippen MR) is 107 cm³/mol. The van der Waals surface area contributed by atoms with Crippen molar-refractivity contribution in [2.24, 2.45) is 0 Å². The van der Waals surface area contributed by atoms with Gasteiger partial charge in [-0.2, -0.15) is 0 Å². The molecule has 3 amide bonds. The van der Waals surface area contributed by atoms with Gasteiger partial charge in [0.2, 0.25) is 0 Å². The van der Waals surface area contributed by atoms with Crippen molar-refractivity contribution < 1.29 is 19.5 Å². The highest BCUT2D eigenvalue weighted by molar-refractivity contribution is 5.97. The number of carbonyl (C=O) groups excluding carboxylic acids is 2. The van der Waals surface area contributed by atoms with Gasteiger partial charge in [0, 0.05) is 23.8 Å². The molecule has 0 saturated heterocycles. The van der Waals surface area contributed by atoms with Crippen LogP contribution in [-0.2, 0) is 11.3 Å². The second-order valence-corrected chi connectivity index (χ2v) is 6.76. The summed E-state index contributed by atoms with van der Waals surface area (Å²) in [7, 11) is 0. The van der Waals surface area contributed by atoms with Crippen molar-refractivity contribution >= 4 is 23.6 Å². The molecule has 0 fully saturated rings. The number of nitrogens with zero attached hydrogens (tertiary/aromatic N) is 1. The first-order valence-electron chi connectivity index (χ1n) is 9.03. The molecule has 2 aromatic carbocycles. The van der Waals surface area contributed by atoms with Crippen LogP contribution in [-0.4, -0.2) is 40.0 Å². The topological polar surface area (TPSA) is 98.7 Å². The summed E-state index contributed by atoms with van der Waals surface area (Å²) in [6.45, 7) is 5.37. The molecule has 148 valence electrons. The maximum absolute atomic E-state index is 12.9. The van der Waals surface area contributed by atoms with Gasteiger partial charge in [-0.3, -0.25) is 4.79 Å². The third-order valence-electron chi connectivity index (χ3n) is 4.09. The number of amides is 3. The van der Waals surface area contributed by atoms with Gasteiger partial charge in [-0.1, -0.05) is 30.3 Å². The number of hydrogen-bond donors (Lipinski definition) is 3. The van der Waals surface area contributed by atoms with Crippen molar-refractivity contribution in [1.82, 2.24) is 10.2 Å². The minimum Gasteiger partial charge on any atom is -0.480 e. The van der Waals surface area contributed by atoms with Crippen molar-refractivity contribution in [3.63, 3.8) is 0 Å². The molecule has 0 radical (unpaired) electrons. The van der Waals surface area contributed by atoms with Crippen LogP contribution < -0.4 is 10.6 Å². The Labute approximate surface area is 164 Å². The van der Waals surface area contributed by atoms with Crippen molar-refractivity contribution in [2.45, 2.75) is 39.4 Å². The van der Waals surface area contributed by atoms with E-state index in [4.69, 9.17) is 0 Å². The molecule has 0 aliphatic carbocycles. The standard InChI is InChI=1S/C21H25N3O4/c1-14(2)22-21(28)23-18-11-9-17(10-12-18)19(25)24(15(3)20(26)27)13-16-7-5-4-6-8-16/h4-12,14-15H,13H2,1-3H3,(H,26,27)(H2,22,23,28). The molecule has 7 heteroatoms. The lowest BCUT2D eigenvalue weighted by Crippen LogP contribution is -2.42. The second kappa shape index (κ2) is 9.55. The van der Waals surface area contributed by atoms with Crippen molar-refractivity contribution in [1.29, 1.82) is 0 Å². The van der Waals surface area contributed by atoms with Crippen LogP contribution in [0.2, 0.25) is 0 Å². The van der Waals surface area contributed by atoms with Gasteiger partial charge in [-0.05, 0) is 50.6 Å². The summed E-state index contributed by atoms with van der Waals surface area (Å²) >= 11 is 0. The molecule has 0 heterocycles. The minimum atomic E-state index is -1.08. The molecule has 1 unspecified atom stereocenters. The van der Waals surface area contributed by atoms with Gasteiger partial charge < -0.3 is 20.6 Å². The maximum Gasteiger partial charge on any atom is 0.326 e. The van der Waals surface area contributed by atoms with E-state index >= 15 is 0 Å². The molecule has 7 nitrogen and oxygen atoms in total. The summed E-state index contributed by atoms with van der Waals surface area (Å²) in [4.78, 5) is 37.5. The van der Waals surface area contributed by atoms with E-state index in [2.05, 4.69) is 10.6 Å². The molecule has 1 atom stereocenters. The minimum absolute atomic E-state index is 0.00454. The maximum atomic E-state index is 12.9. The van der Waals surface area contributed by atoms with Gasteiger partial charge in [0.15, 0.2) is 0 Å². The summed E-state index contributed by atoms with van der Waals surface area (Å²) in [6.07, 6.45) is 0. The van der Waals surface area contributed by atoms with Crippen LogP contribution >= 0.6 is 0 Å². The fraction of sp³-hybridized carbons (Fsp3) is 0.286. The Bertz CT molecular complexity index is 819. The van der Waals surface area contributed by atoms with Crippen LogP contribution in [0.15, 0.2) is 54.6 Å². The highest BCUT2D eigenvalue weighted by Gasteiger charge is 2.26. The van der Waals surface area contributed by atoms with E-state index in [-0.39, 0.29) is 18.6 Å². The lowest BCUT2D eigenvalue weighted by Gasteiger charge is -2.27. The van der Waals surface area contributed by atoms with E-state index in [0.717, 1.165) is 5.56 Å². The smallest absolute Gasteiger partial charge is 0.326 e. The van der Waals surface area contributed by atoms with E-state index in [0.29, 0.717) is 11.3 Å². The first kappa shape index (κ1) is 21.0. The summed E-state index contributed by atoms with van der Waals surface area (Å²) in [6, 6.07) is 14.3. The van der Waals surface area contributed by atoms with E-state index in [1.54, 1.807) is 24.3 Å². The SMILES string of the molecule is CC(C)NC(=O)Nc1ccc(C(=O)N(Cc2ccccc2)C(C)C(=O)O)cc1. The van der Waals surface area contributed by atoms with E-state index in [9.17, 15) is 19.5 Å². The number of benzene rings is 2. The Hall–Kier alpha value is -3.35. The third-order valence-corrected chi connectivity index (χ3v) is 4.09. The summed E-state index contributed by atoms with van der Waals surface area (Å²) in [5.74, 6) is -1.47. The van der Waals surface area contributed by atoms with Gasteiger partial charge in [-0.25, -0.2) is 9.59 Å². The van der Waals surface area contributed by atoms with E-state index in [1.807, 2.05) is 44.2 Å². The Morgan fingerprint density at radius 2 is 1.57 bits per heavy atom. The number of carboxylic acid groups (broad SMARTS) is 1. The first-order chi connectivity index (χ1) is 13.3. The average Bonchev–Trinajstić information content (AvgIpc) is 2.65. The third kappa shape index (κ3) is 5.84. The molecule has 0 aliphatic rings. The number of carbonyl (C=O) groups is 3. The number of hydrogen-bond acceptors (Lipinski definition) is 3. The predicted octanol–water partition coefficient (Wildman–Crippen LogP) is 3.33. The van der Waals surface area contributed by atoms with Gasteiger partial charge in [0.25, 0.3) is 5.91 Å². The molecule has 3 N–H and O–H groups in total. The second-order valence-electron chi connectivity index (χ2n) is 6.76. The zero-order valence-electron chi connectivity index (χ0n) is 16.2. The zero-order chi connectivity index (χ0) is 20.7. The van der Waals surface area contributed by atoms with E-state index < -0.39 is 17.9 Å². The molecular weight excluding hydrogens is 358 g/mol. The lowest BCUT2D eigenvalue weighted by molar-refractivity contribution is -0.141. The molecule has 0 bridgehead atoms. The number of nitrogens with one attached hydrogen (secondary N) is 2. The molecule has 2 rings (SSSR count). The van der Waals surface area contributed by atoms with Gasteiger partial charge in [-0.15, -0.1) is 0 Å². The van der Waals surface area contributed by atoms with Crippen molar-refractivity contribution in [3.05, 3.63) is 65.7 Å². The van der Waals surface area contributed by atoms with Crippen molar-refractivity contribution in [2.75, 3.05) is 5.32 Å². The number of carboxylic acids is 1. The van der Waals surface area contributed by atoms with Crippen LogP contribution in [0.1, 0.15) is 36.7 Å². The number of aliphatic carboxylic acids is 1. The molecule has 0 aromatic heterocycles. The quantitative estimate of drug-likeness (QED) is 0.683. The van der Waals surface area contributed by atoms with Gasteiger partial charge in [0.05, 0.1) is 0 Å². The largest absolute Gasteiger partial charge is 0.480 e. The highest BCUT2D eigenvalue weighted by Crippen LogP contribution is 2.16.